The fourth-order valence-electron chi connectivity index (χ4n) is 2.14. The lowest BCUT2D eigenvalue weighted by Crippen LogP contribution is -2.14. The Kier molecular flexibility index (Phi) is 2.93. The van der Waals surface area contributed by atoms with Crippen molar-refractivity contribution in [2.45, 2.75) is 6.04 Å². The average Bonchev–Trinajstić information content (AvgIpc) is 2.47. The van der Waals surface area contributed by atoms with Crippen LogP contribution in [0.1, 0.15) is 17.3 Å². The molecule has 3 rings (SSSR count). The van der Waals surface area contributed by atoms with Crippen LogP contribution in [0.5, 0.6) is 0 Å². The van der Waals surface area contributed by atoms with Gasteiger partial charge in [0, 0.05) is 17.8 Å². The summed E-state index contributed by atoms with van der Waals surface area (Å²) in [6.45, 7) is 0. The van der Waals surface area contributed by atoms with Crippen molar-refractivity contribution in [3.05, 3.63) is 72.1 Å². The highest BCUT2D eigenvalue weighted by Gasteiger charge is 2.13. The van der Waals surface area contributed by atoms with Crippen LogP contribution in [-0.2, 0) is 0 Å². The minimum atomic E-state index is -0.395. The van der Waals surface area contributed by atoms with Gasteiger partial charge in [-0.25, -0.2) is 4.39 Å². The zero-order chi connectivity index (χ0) is 13.2. The Balaban J connectivity index is 2.11. The molecule has 94 valence electrons. The summed E-state index contributed by atoms with van der Waals surface area (Å²) in [5, 5.41) is 2.06. The van der Waals surface area contributed by atoms with Crippen molar-refractivity contribution < 1.29 is 4.39 Å². The molecule has 1 atom stereocenters. The second-order valence-electron chi connectivity index (χ2n) is 4.32. The molecule has 4 heteroatoms. The third-order valence-electron chi connectivity index (χ3n) is 3.12. The van der Waals surface area contributed by atoms with Crippen molar-refractivity contribution in [2.75, 3.05) is 0 Å². The van der Waals surface area contributed by atoms with Crippen LogP contribution in [0, 0.1) is 5.82 Å². The lowest BCUT2D eigenvalue weighted by atomic mass is 9.98. The smallest absolute Gasteiger partial charge is 0.141 e. The molecule has 0 radical (unpaired) electrons. The molecular weight excluding hydrogens is 241 g/mol. The van der Waals surface area contributed by atoms with Gasteiger partial charge in [-0.05, 0) is 29.1 Å². The fraction of sp³-hybridized carbons (Fsp3) is 0.0667. The molecule has 0 aliphatic carbocycles. The van der Waals surface area contributed by atoms with Crippen molar-refractivity contribution >= 4 is 10.8 Å². The monoisotopic (exact) mass is 253 g/mol. The van der Waals surface area contributed by atoms with Gasteiger partial charge in [0.05, 0.1) is 17.9 Å². The number of fused-ring (bicyclic) bond motifs is 1. The largest absolute Gasteiger partial charge is 0.319 e. The average molecular weight is 253 g/mol. The van der Waals surface area contributed by atoms with Crippen LogP contribution in [0.15, 0.2) is 55.0 Å². The predicted octanol–water partition coefficient (Wildman–Crippen LogP) is 2.82. The lowest BCUT2D eigenvalue weighted by molar-refractivity contribution is 0.617. The first-order valence-corrected chi connectivity index (χ1v) is 5.95. The first-order chi connectivity index (χ1) is 9.25. The molecular formula is C15H12FN3. The van der Waals surface area contributed by atoms with Crippen LogP contribution in [0.3, 0.4) is 0 Å². The summed E-state index contributed by atoms with van der Waals surface area (Å²) in [6, 6.07) is 10.4. The molecule has 2 aromatic heterocycles. The van der Waals surface area contributed by atoms with E-state index in [-0.39, 0.29) is 5.82 Å². The summed E-state index contributed by atoms with van der Waals surface area (Å²) in [5.41, 5.74) is 7.79. The minimum absolute atomic E-state index is 0.365. The van der Waals surface area contributed by atoms with Crippen molar-refractivity contribution in [3.63, 3.8) is 0 Å². The number of nitrogens with zero attached hydrogens (tertiary/aromatic N) is 2. The Hall–Kier alpha value is -2.33. The summed E-state index contributed by atoms with van der Waals surface area (Å²) in [4.78, 5) is 8.17. The van der Waals surface area contributed by atoms with Crippen LogP contribution in [0.4, 0.5) is 4.39 Å². The Labute approximate surface area is 109 Å². The zero-order valence-corrected chi connectivity index (χ0v) is 10.1. The summed E-state index contributed by atoms with van der Waals surface area (Å²) >= 11 is 0. The normalized spacial score (nSPS) is 12.5. The van der Waals surface area contributed by atoms with Crippen molar-refractivity contribution in [1.82, 2.24) is 9.97 Å². The Bertz CT molecular complexity index is 705. The third-order valence-corrected chi connectivity index (χ3v) is 3.12. The van der Waals surface area contributed by atoms with Gasteiger partial charge in [0.1, 0.15) is 5.82 Å². The van der Waals surface area contributed by atoms with Crippen molar-refractivity contribution in [2.24, 2.45) is 5.73 Å². The maximum atomic E-state index is 12.9. The van der Waals surface area contributed by atoms with E-state index in [9.17, 15) is 4.39 Å². The molecule has 2 N–H and O–H groups in total. The highest BCUT2D eigenvalue weighted by atomic mass is 19.1. The molecule has 1 unspecified atom stereocenters. The summed E-state index contributed by atoms with van der Waals surface area (Å²) < 4.78 is 12.9. The van der Waals surface area contributed by atoms with Crippen LogP contribution in [0.25, 0.3) is 10.8 Å². The number of halogens is 1. The molecule has 3 aromatic rings. The molecule has 2 heterocycles. The van der Waals surface area contributed by atoms with E-state index in [0.29, 0.717) is 5.69 Å². The van der Waals surface area contributed by atoms with E-state index in [2.05, 4.69) is 9.97 Å². The number of pyridine rings is 2. The predicted molar refractivity (Wildman–Crippen MR) is 72.0 cm³/mol. The number of nitrogens with two attached hydrogens (primary N) is 1. The van der Waals surface area contributed by atoms with Gasteiger partial charge in [-0.15, -0.1) is 0 Å². The van der Waals surface area contributed by atoms with Crippen molar-refractivity contribution in [1.29, 1.82) is 0 Å². The van der Waals surface area contributed by atoms with Gasteiger partial charge in [0.15, 0.2) is 0 Å². The number of benzene rings is 1. The molecule has 19 heavy (non-hydrogen) atoms. The summed E-state index contributed by atoms with van der Waals surface area (Å²) in [6.07, 6.45) is 4.71. The van der Waals surface area contributed by atoms with Crippen LogP contribution < -0.4 is 5.73 Å². The van der Waals surface area contributed by atoms with E-state index < -0.39 is 6.04 Å². The quantitative estimate of drug-likeness (QED) is 0.764. The maximum absolute atomic E-state index is 12.9. The molecule has 0 amide bonds. The van der Waals surface area contributed by atoms with Crippen molar-refractivity contribution in [3.8, 4) is 0 Å². The number of hydrogen-bond donors (Lipinski definition) is 1. The topological polar surface area (TPSA) is 51.8 Å². The Morgan fingerprint density at radius 3 is 2.74 bits per heavy atom. The van der Waals surface area contributed by atoms with E-state index in [1.165, 1.54) is 12.3 Å². The minimum Gasteiger partial charge on any atom is -0.319 e. The molecule has 0 saturated heterocycles. The molecule has 0 spiro atoms. The highest BCUT2D eigenvalue weighted by molar-refractivity contribution is 5.85. The van der Waals surface area contributed by atoms with Gasteiger partial charge in [-0.2, -0.15) is 0 Å². The lowest BCUT2D eigenvalue weighted by Gasteiger charge is -2.14. The van der Waals surface area contributed by atoms with E-state index in [1.807, 2.05) is 24.3 Å². The van der Waals surface area contributed by atoms with E-state index in [0.717, 1.165) is 16.3 Å². The molecule has 0 aliphatic heterocycles. The second-order valence-corrected chi connectivity index (χ2v) is 4.32. The Morgan fingerprint density at radius 1 is 1.05 bits per heavy atom. The molecule has 0 bridgehead atoms. The van der Waals surface area contributed by atoms with Crippen LogP contribution >= 0.6 is 0 Å². The van der Waals surface area contributed by atoms with Gasteiger partial charge in [-0.1, -0.05) is 18.2 Å². The molecule has 0 aliphatic rings. The van der Waals surface area contributed by atoms with Gasteiger partial charge in [0.25, 0.3) is 0 Å². The number of aromatic nitrogens is 2. The number of rotatable bonds is 2. The molecule has 3 nitrogen and oxygen atoms in total. The van der Waals surface area contributed by atoms with E-state index in [4.69, 9.17) is 5.73 Å². The first kappa shape index (κ1) is 11.7. The fourth-order valence-corrected chi connectivity index (χ4v) is 2.14. The van der Waals surface area contributed by atoms with Gasteiger partial charge in [0.2, 0.25) is 0 Å². The number of hydrogen-bond acceptors (Lipinski definition) is 3. The highest BCUT2D eigenvalue weighted by Crippen LogP contribution is 2.25. The van der Waals surface area contributed by atoms with Gasteiger partial charge >= 0.3 is 0 Å². The SMILES string of the molecule is NC(c1ccc(F)cn1)c1cccc2ccncc12. The standard InChI is InChI=1S/C15H12FN3/c16-11-4-5-14(19-8-11)15(17)12-3-1-2-10-6-7-18-9-13(10)12/h1-9,15H,17H2. The third kappa shape index (κ3) is 2.18. The van der Waals surface area contributed by atoms with Gasteiger partial charge < -0.3 is 5.73 Å². The van der Waals surface area contributed by atoms with Crippen LogP contribution in [-0.4, -0.2) is 9.97 Å². The van der Waals surface area contributed by atoms with Crippen LogP contribution in [0.2, 0.25) is 0 Å². The second kappa shape index (κ2) is 4.74. The first-order valence-electron chi connectivity index (χ1n) is 5.95. The molecule has 0 saturated carbocycles. The zero-order valence-electron chi connectivity index (χ0n) is 10.1. The Morgan fingerprint density at radius 2 is 1.95 bits per heavy atom. The summed E-state index contributed by atoms with van der Waals surface area (Å²) in [7, 11) is 0. The molecule has 0 fully saturated rings. The maximum Gasteiger partial charge on any atom is 0.141 e. The van der Waals surface area contributed by atoms with Gasteiger partial charge in [-0.3, -0.25) is 9.97 Å². The van der Waals surface area contributed by atoms with E-state index in [1.54, 1.807) is 18.5 Å². The van der Waals surface area contributed by atoms with E-state index >= 15 is 0 Å². The summed E-state index contributed by atoms with van der Waals surface area (Å²) in [5.74, 6) is -0.365. The molecule has 1 aromatic carbocycles.